The standard InChI is InChI=1S/C30H30N2O4S/c1-5-35-21-14-16-22(17-15-21)37(33,34)31-26-18-20-19-30(36-28(20)24-11-7-6-10-23(24)26)29(2,3)25-12-8-9-13-27(25)32(30)4/h6-18,31H,5,19H2,1-4H3/t30-/m1/s1. The summed E-state index contributed by atoms with van der Waals surface area (Å²) < 4.78 is 42.0. The minimum absolute atomic E-state index is 0.181. The third kappa shape index (κ3) is 3.40. The van der Waals surface area contributed by atoms with Crippen molar-refractivity contribution < 1.29 is 17.9 Å². The molecule has 0 amide bonds. The van der Waals surface area contributed by atoms with Gasteiger partial charge in [-0.15, -0.1) is 0 Å². The lowest BCUT2D eigenvalue weighted by molar-refractivity contribution is 0.0362. The van der Waals surface area contributed by atoms with Crippen molar-refractivity contribution in [2.45, 2.75) is 43.2 Å². The molecule has 0 radical (unpaired) electrons. The van der Waals surface area contributed by atoms with Crippen molar-refractivity contribution in [3.8, 4) is 11.5 Å². The van der Waals surface area contributed by atoms with E-state index in [9.17, 15) is 8.42 Å². The summed E-state index contributed by atoms with van der Waals surface area (Å²) in [6, 6.07) is 24.6. The summed E-state index contributed by atoms with van der Waals surface area (Å²) in [5.74, 6) is 1.45. The van der Waals surface area contributed by atoms with Gasteiger partial charge in [-0.3, -0.25) is 4.72 Å². The van der Waals surface area contributed by atoms with E-state index in [4.69, 9.17) is 9.47 Å². The molecule has 1 spiro atoms. The molecule has 2 heterocycles. The number of para-hydroxylation sites is 1. The van der Waals surface area contributed by atoms with Crippen LogP contribution in [0.25, 0.3) is 10.8 Å². The fourth-order valence-electron chi connectivity index (χ4n) is 5.95. The number of ether oxygens (including phenoxy) is 2. The van der Waals surface area contributed by atoms with Crippen molar-refractivity contribution in [1.82, 2.24) is 0 Å². The fourth-order valence-corrected chi connectivity index (χ4v) is 7.02. The summed E-state index contributed by atoms with van der Waals surface area (Å²) in [5, 5.41) is 1.69. The fraction of sp³-hybridized carbons (Fsp3) is 0.267. The Kier molecular flexibility index (Phi) is 5.21. The number of nitrogens with zero attached hydrogens (tertiary/aromatic N) is 1. The van der Waals surface area contributed by atoms with Crippen molar-refractivity contribution in [2.24, 2.45) is 0 Å². The number of benzene rings is 4. The van der Waals surface area contributed by atoms with Gasteiger partial charge in [-0.1, -0.05) is 42.5 Å². The molecule has 1 N–H and O–H groups in total. The van der Waals surface area contributed by atoms with Gasteiger partial charge in [0.05, 0.1) is 22.6 Å². The van der Waals surface area contributed by atoms with Crippen LogP contribution in [0.1, 0.15) is 31.9 Å². The van der Waals surface area contributed by atoms with Crippen LogP contribution in [0.15, 0.2) is 83.8 Å². The Morgan fingerprint density at radius 2 is 1.65 bits per heavy atom. The Balaban J connectivity index is 1.43. The molecule has 6 nitrogen and oxygen atoms in total. The van der Waals surface area contributed by atoms with E-state index in [1.807, 2.05) is 37.3 Å². The van der Waals surface area contributed by atoms with Crippen LogP contribution in [-0.4, -0.2) is 27.8 Å². The van der Waals surface area contributed by atoms with E-state index in [1.54, 1.807) is 24.3 Å². The molecule has 0 aliphatic carbocycles. The number of hydrogen-bond donors (Lipinski definition) is 1. The highest BCUT2D eigenvalue weighted by Crippen LogP contribution is 2.57. The smallest absolute Gasteiger partial charge is 0.261 e. The summed E-state index contributed by atoms with van der Waals surface area (Å²) in [4.78, 5) is 2.42. The number of sulfonamides is 1. The highest BCUT2D eigenvalue weighted by atomic mass is 32.2. The van der Waals surface area contributed by atoms with E-state index in [0.29, 0.717) is 24.5 Å². The van der Waals surface area contributed by atoms with Crippen LogP contribution in [0.4, 0.5) is 11.4 Å². The van der Waals surface area contributed by atoms with E-state index in [2.05, 4.69) is 54.8 Å². The molecule has 7 heteroatoms. The van der Waals surface area contributed by atoms with Gasteiger partial charge in [0.25, 0.3) is 10.0 Å². The van der Waals surface area contributed by atoms with Gasteiger partial charge >= 0.3 is 0 Å². The Morgan fingerprint density at radius 3 is 2.35 bits per heavy atom. The SMILES string of the molecule is CCOc1ccc(S(=O)(=O)Nc2cc3c(c4ccccc24)O[C@@]2(C3)N(C)c3ccccc3C2(C)C)cc1. The summed E-state index contributed by atoms with van der Waals surface area (Å²) in [7, 11) is -1.73. The van der Waals surface area contributed by atoms with Crippen molar-refractivity contribution in [3.63, 3.8) is 0 Å². The van der Waals surface area contributed by atoms with Gasteiger partial charge < -0.3 is 14.4 Å². The molecular weight excluding hydrogens is 484 g/mol. The second kappa shape index (κ2) is 8.15. The number of rotatable bonds is 5. The monoisotopic (exact) mass is 514 g/mol. The topological polar surface area (TPSA) is 67.9 Å². The van der Waals surface area contributed by atoms with Crippen molar-refractivity contribution in [2.75, 3.05) is 23.3 Å². The van der Waals surface area contributed by atoms with Gasteiger partial charge in [0.2, 0.25) is 0 Å². The summed E-state index contributed by atoms with van der Waals surface area (Å²) >= 11 is 0. The van der Waals surface area contributed by atoms with E-state index in [0.717, 1.165) is 27.8 Å². The first-order chi connectivity index (χ1) is 17.7. The van der Waals surface area contributed by atoms with Crippen molar-refractivity contribution in [3.05, 3.63) is 90.0 Å². The third-order valence-corrected chi connectivity index (χ3v) is 9.30. The van der Waals surface area contributed by atoms with Crippen LogP contribution >= 0.6 is 0 Å². The lowest BCUT2D eigenvalue weighted by Gasteiger charge is -2.42. The quantitative estimate of drug-likeness (QED) is 0.349. The normalized spacial score (nSPS) is 19.5. The van der Waals surface area contributed by atoms with Crippen LogP contribution in [0.2, 0.25) is 0 Å². The minimum Gasteiger partial charge on any atom is -0.494 e. The molecule has 1 atom stereocenters. The molecule has 0 unspecified atom stereocenters. The average Bonchev–Trinajstić information content (AvgIpc) is 3.36. The number of fused-ring (bicyclic) bond motifs is 4. The van der Waals surface area contributed by atoms with Gasteiger partial charge in [0.1, 0.15) is 11.5 Å². The predicted molar refractivity (Wildman–Crippen MR) is 147 cm³/mol. The maximum Gasteiger partial charge on any atom is 0.261 e. The third-order valence-electron chi connectivity index (χ3n) is 7.92. The summed E-state index contributed by atoms with van der Waals surface area (Å²) in [6.07, 6.45) is 0.628. The zero-order valence-corrected chi connectivity index (χ0v) is 22.2. The van der Waals surface area contributed by atoms with E-state index in [1.165, 1.54) is 5.56 Å². The van der Waals surface area contributed by atoms with Gasteiger partial charge in [0.15, 0.2) is 5.72 Å². The minimum atomic E-state index is -3.82. The molecule has 0 fully saturated rings. The largest absolute Gasteiger partial charge is 0.494 e. The molecule has 0 bridgehead atoms. The molecule has 4 aromatic carbocycles. The highest BCUT2D eigenvalue weighted by molar-refractivity contribution is 7.92. The van der Waals surface area contributed by atoms with Gasteiger partial charge in [-0.2, -0.15) is 0 Å². The Labute approximate surface area is 217 Å². The molecule has 6 rings (SSSR count). The maximum atomic E-state index is 13.4. The molecule has 4 aromatic rings. The molecule has 0 saturated carbocycles. The van der Waals surface area contributed by atoms with Crippen LogP contribution < -0.4 is 19.1 Å². The van der Waals surface area contributed by atoms with Gasteiger partial charge in [-0.05, 0) is 62.7 Å². The van der Waals surface area contributed by atoms with E-state index < -0.39 is 15.7 Å². The zero-order valence-electron chi connectivity index (χ0n) is 21.4. The molecule has 190 valence electrons. The number of anilines is 2. The van der Waals surface area contributed by atoms with E-state index >= 15 is 0 Å². The van der Waals surface area contributed by atoms with Crippen LogP contribution in [-0.2, 0) is 21.9 Å². The van der Waals surface area contributed by atoms with Gasteiger partial charge in [0, 0.05) is 35.5 Å². The molecule has 2 aliphatic rings. The highest BCUT2D eigenvalue weighted by Gasteiger charge is 2.60. The lowest BCUT2D eigenvalue weighted by Crippen LogP contribution is -2.58. The average molecular weight is 515 g/mol. The van der Waals surface area contributed by atoms with Crippen LogP contribution in [0, 0.1) is 0 Å². The predicted octanol–water partition coefficient (Wildman–Crippen LogP) is 6.10. The van der Waals surface area contributed by atoms with Crippen molar-refractivity contribution in [1.29, 1.82) is 0 Å². The number of nitrogens with one attached hydrogen (secondary N) is 1. The Morgan fingerprint density at radius 1 is 0.973 bits per heavy atom. The van der Waals surface area contributed by atoms with Crippen LogP contribution in [0.3, 0.4) is 0 Å². The summed E-state index contributed by atoms with van der Waals surface area (Å²) in [6.45, 7) is 6.85. The first-order valence-electron chi connectivity index (χ1n) is 12.5. The van der Waals surface area contributed by atoms with Gasteiger partial charge in [-0.25, -0.2) is 8.42 Å². The molecule has 2 aliphatic heterocycles. The first kappa shape index (κ1) is 23.7. The molecule has 0 saturated heterocycles. The molecular formula is C30H30N2O4S. The maximum absolute atomic E-state index is 13.4. The zero-order chi connectivity index (χ0) is 26.0. The second-order valence-electron chi connectivity index (χ2n) is 10.2. The Hall–Kier alpha value is -3.71. The van der Waals surface area contributed by atoms with Crippen LogP contribution in [0.5, 0.6) is 11.5 Å². The number of likely N-dealkylation sites (N-methyl/N-ethyl adjacent to an activating group) is 1. The number of hydrogen-bond acceptors (Lipinski definition) is 5. The van der Waals surface area contributed by atoms with Crippen molar-refractivity contribution >= 4 is 32.2 Å². The summed E-state index contributed by atoms with van der Waals surface area (Å²) in [5.41, 5.74) is 3.01. The lowest BCUT2D eigenvalue weighted by atomic mass is 9.76. The Bertz CT molecular complexity index is 1630. The van der Waals surface area contributed by atoms with E-state index in [-0.39, 0.29) is 10.3 Å². The first-order valence-corrected chi connectivity index (χ1v) is 14.0. The second-order valence-corrected chi connectivity index (χ2v) is 11.9. The molecule has 37 heavy (non-hydrogen) atoms. The molecule has 0 aromatic heterocycles.